The predicted molar refractivity (Wildman–Crippen MR) is 171 cm³/mol. The predicted octanol–water partition coefficient (Wildman–Crippen LogP) is 6.23. The van der Waals surface area contributed by atoms with Gasteiger partial charge in [-0.1, -0.05) is 48.0 Å². The van der Waals surface area contributed by atoms with E-state index in [0.29, 0.717) is 37.7 Å². The Labute approximate surface area is 271 Å². The Morgan fingerprint density at radius 3 is 2.40 bits per heavy atom. The van der Waals surface area contributed by atoms with Crippen LogP contribution < -0.4 is 0 Å². The lowest BCUT2D eigenvalue weighted by Gasteiger charge is -2.54. The van der Waals surface area contributed by atoms with Crippen molar-refractivity contribution in [2.24, 2.45) is 45.8 Å². The minimum atomic E-state index is -1.29. The van der Waals surface area contributed by atoms with Crippen LogP contribution in [0.2, 0.25) is 0 Å². The number of ether oxygens (including phenoxy) is 4. The summed E-state index contributed by atoms with van der Waals surface area (Å²) in [5.74, 6) is 1.33. The van der Waals surface area contributed by atoms with Crippen LogP contribution in [0.15, 0.2) is 0 Å². The average molecular weight is 635 g/mol. The fourth-order valence-electron chi connectivity index (χ4n) is 11.1. The van der Waals surface area contributed by atoms with E-state index in [4.69, 9.17) is 18.9 Å². The monoisotopic (exact) mass is 634 g/mol. The van der Waals surface area contributed by atoms with E-state index < -0.39 is 35.3 Å². The molecule has 8 heteroatoms. The van der Waals surface area contributed by atoms with Gasteiger partial charge < -0.3 is 29.2 Å². The Bertz CT molecular complexity index is 1080. The molecule has 0 aromatic carbocycles. The van der Waals surface area contributed by atoms with Crippen molar-refractivity contribution < 1.29 is 38.7 Å². The van der Waals surface area contributed by atoms with Gasteiger partial charge in [-0.05, 0) is 99.7 Å². The van der Waals surface area contributed by atoms with Crippen molar-refractivity contribution in [3.05, 3.63) is 0 Å². The summed E-state index contributed by atoms with van der Waals surface area (Å²) in [6.07, 6.45) is 6.62. The molecule has 0 aromatic heterocycles. The first kappa shape index (κ1) is 35.3. The van der Waals surface area contributed by atoms with Gasteiger partial charge in [0, 0.05) is 24.7 Å². The van der Waals surface area contributed by atoms with Gasteiger partial charge in [0.2, 0.25) is 0 Å². The van der Waals surface area contributed by atoms with Crippen LogP contribution in [-0.4, -0.2) is 71.0 Å². The van der Waals surface area contributed by atoms with Crippen molar-refractivity contribution in [1.82, 2.24) is 0 Å². The van der Waals surface area contributed by atoms with E-state index >= 15 is 0 Å². The summed E-state index contributed by atoms with van der Waals surface area (Å²) in [5, 5.41) is 21.1. The maximum Gasteiger partial charge on any atom is 0.303 e. The molecule has 2 N–H and O–H groups in total. The molecule has 0 spiro atoms. The third-order valence-electron chi connectivity index (χ3n) is 13.7. The Kier molecular flexibility index (Phi) is 10.00. The first-order valence-corrected chi connectivity index (χ1v) is 18.0. The molecule has 2 heterocycles. The molecule has 8 nitrogen and oxygen atoms in total. The van der Waals surface area contributed by atoms with Gasteiger partial charge in [-0.15, -0.1) is 0 Å². The minimum Gasteiger partial charge on any atom is -0.457 e. The quantitative estimate of drug-likeness (QED) is 0.303. The molecular weight excluding hydrogens is 572 g/mol. The standard InChI is InChI=1S/C37H62O8/c1-21-12-15-28(45-29-20-25(39)16-18-42-29)34(4,5)26(21)14-13-24-11-10-17-36(8)30-22(2)19-27(33(35(6,7)41)43-23(3)38)44-31(30)32(40)37(24,36)9/h21-22,24-31,33,39,41H,10-20H2,1-9H3/t21?,22-,24+,25+,26?,27-,28+,29?,30?,31?,33+,36-,37-/m1/s1. The van der Waals surface area contributed by atoms with Crippen LogP contribution in [0.1, 0.15) is 127 Å². The Hall–Kier alpha value is -1.06. The summed E-state index contributed by atoms with van der Waals surface area (Å²) >= 11 is 0. The fraction of sp³-hybridized carbons (Fsp3) is 0.946. The van der Waals surface area contributed by atoms with E-state index in [2.05, 4.69) is 41.5 Å². The van der Waals surface area contributed by atoms with E-state index in [0.717, 1.165) is 44.9 Å². The van der Waals surface area contributed by atoms with Crippen LogP contribution in [0.3, 0.4) is 0 Å². The fourth-order valence-corrected chi connectivity index (χ4v) is 11.1. The number of rotatable bonds is 8. The van der Waals surface area contributed by atoms with Crippen molar-refractivity contribution in [2.75, 3.05) is 6.61 Å². The van der Waals surface area contributed by atoms with Crippen molar-refractivity contribution in [1.29, 1.82) is 0 Å². The normalized spacial score (nSPS) is 45.8. The minimum absolute atomic E-state index is 0.0519. The van der Waals surface area contributed by atoms with Gasteiger partial charge in [0.05, 0.1) is 30.5 Å². The summed E-state index contributed by atoms with van der Waals surface area (Å²) < 4.78 is 24.7. The highest BCUT2D eigenvalue weighted by Crippen LogP contribution is 2.68. The third kappa shape index (κ3) is 6.29. The van der Waals surface area contributed by atoms with E-state index in [1.54, 1.807) is 13.8 Å². The third-order valence-corrected chi connectivity index (χ3v) is 13.7. The van der Waals surface area contributed by atoms with Gasteiger partial charge >= 0.3 is 5.97 Å². The molecule has 0 aromatic rings. The van der Waals surface area contributed by atoms with Crippen LogP contribution >= 0.6 is 0 Å². The number of hydrogen-bond acceptors (Lipinski definition) is 8. The molecule has 3 aliphatic carbocycles. The number of hydrogen-bond donors (Lipinski definition) is 2. The Morgan fingerprint density at radius 2 is 1.76 bits per heavy atom. The summed E-state index contributed by atoms with van der Waals surface area (Å²) in [4.78, 5) is 26.7. The average Bonchev–Trinajstić information content (AvgIpc) is 3.11. The maximum atomic E-state index is 14.7. The van der Waals surface area contributed by atoms with Gasteiger partial charge in [-0.2, -0.15) is 0 Å². The van der Waals surface area contributed by atoms with Crippen molar-refractivity contribution in [3.8, 4) is 0 Å². The molecule has 5 rings (SSSR count). The summed E-state index contributed by atoms with van der Waals surface area (Å²) in [6, 6.07) is 0. The van der Waals surface area contributed by atoms with Gasteiger partial charge in [0.1, 0.15) is 6.10 Å². The second kappa shape index (κ2) is 12.8. The molecule has 3 saturated carbocycles. The van der Waals surface area contributed by atoms with E-state index in [-0.39, 0.29) is 52.9 Å². The topological polar surface area (TPSA) is 112 Å². The molecule has 2 aliphatic heterocycles. The largest absolute Gasteiger partial charge is 0.457 e. The molecule has 0 amide bonds. The SMILES string of the molecule is CC(=O)O[C@@H]([C@H]1C[C@@H](C)C2C(O1)C(=O)[C@@]1(C)[C@H](CCC3C(C)CC[C@H](OC4C[C@@H](O)CCO4)C3(C)C)CCC[C@]21C)C(C)(C)O. The number of ketones is 1. The lowest BCUT2D eigenvalue weighted by molar-refractivity contribution is -0.240. The van der Waals surface area contributed by atoms with E-state index in [1.165, 1.54) is 6.92 Å². The summed E-state index contributed by atoms with van der Waals surface area (Å²) in [7, 11) is 0. The second-order valence-corrected chi connectivity index (χ2v) is 17.3. The zero-order valence-corrected chi connectivity index (χ0v) is 29.5. The molecule has 0 radical (unpaired) electrons. The van der Waals surface area contributed by atoms with E-state index in [1.807, 2.05) is 0 Å². The molecule has 258 valence electrons. The van der Waals surface area contributed by atoms with Gasteiger partial charge in [0.15, 0.2) is 18.2 Å². The molecule has 5 fully saturated rings. The van der Waals surface area contributed by atoms with Crippen LogP contribution in [0.4, 0.5) is 0 Å². The smallest absolute Gasteiger partial charge is 0.303 e. The zero-order chi connectivity index (χ0) is 33.1. The number of carbonyl (C=O) groups excluding carboxylic acids is 2. The first-order valence-electron chi connectivity index (χ1n) is 18.0. The molecule has 5 aliphatic rings. The second-order valence-electron chi connectivity index (χ2n) is 17.3. The number of fused-ring (bicyclic) bond motifs is 3. The van der Waals surface area contributed by atoms with Gasteiger partial charge in [-0.25, -0.2) is 0 Å². The first-order chi connectivity index (χ1) is 20.9. The molecular formula is C37H62O8. The summed E-state index contributed by atoms with van der Waals surface area (Å²) in [6.45, 7) is 19.0. The van der Waals surface area contributed by atoms with Crippen molar-refractivity contribution in [2.45, 2.75) is 169 Å². The number of aliphatic hydroxyl groups is 2. The lowest BCUT2D eigenvalue weighted by atomic mass is 9.49. The number of carbonyl (C=O) groups is 2. The highest BCUT2D eigenvalue weighted by molar-refractivity contribution is 5.93. The highest BCUT2D eigenvalue weighted by atomic mass is 16.7. The van der Waals surface area contributed by atoms with Crippen LogP contribution in [0.25, 0.3) is 0 Å². The Balaban J connectivity index is 1.34. The molecule has 45 heavy (non-hydrogen) atoms. The van der Waals surface area contributed by atoms with Gasteiger partial charge in [-0.3, -0.25) is 9.59 Å². The maximum absolute atomic E-state index is 14.7. The van der Waals surface area contributed by atoms with Crippen molar-refractivity contribution in [3.63, 3.8) is 0 Å². The number of aliphatic hydroxyl groups excluding tert-OH is 1. The molecule has 2 saturated heterocycles. The molecule has 5 unspecified atom stereocenters. The van der Waals surface area contributed by atoms with Crippen LogP contribution in [-0.2, 0) is 28.5 Å². The number of esters is 1. The lowest BCUT2D eigenvalue weighted by Crippen LogP contribution is -2.55. The molecule has 13 atom stereocenters. The van der Waals surface area contributed by atoms with Crippen LogP contribution in [0, 0.1) is 45.8 Å². The molecule has 0 bridgehead atoms. The van der Waals surface area contributed by atoms with Gasteiger partial charge in [0.25, 0.3) is 0 Å². The number of Topliss-reactive ketones (excluding diaryl/α,β-unsaturated/α-hetero) is 1. The van der Waals surface area contributed by atoms with Crippen molar-refractivity contribution >= 4 is 11.8 Å². The zero-order valence-electron chi connectivity index (χ0n) is 29.5. The Morgan fingerprint density at radius 1 is 1.04 bits per heavy atom. The summed E-state index contributed by atoms with van der Waals surface area (Å²) in [5.41, 5.74) is -2.02. The highest BCUT2D eigenvalue weighted by Gasteiger charge is 2.71. The van der Waals surface area contributed by atoms with E-state index in [9.17, 15) is 19.8 Å². The van der Waals surface area contributed by atoms with Crippen LogP contribution in [0.5, 0.6) is 0 Å².